The van der Waals surface area contributed by atoms with Crippen molar-refractivity contribution in [1.29, 1.82) is 0 Å². The average Bonchev–Trinajstić information content (AvgIpc) is 2.40. The molecule has 4 heteroatoms. The Labute approximate surface area is 113 Å². The Kier molecular flexibility index (Phi) is 4.55. The van der Waals surface area contributed by atoms with Crippen LogP contribution in [-0.4, -0.2) is 22.1 Å². The second-order valence-electron chi connectivity index (χ2n) is 4.91. The van der Waals surface area contributed by atoms with Crippen molar-refractivity contribution >= 4 is 11.8 Å². The van der Waals surface area contributed by atoms with Crippen LogP contribution in [0, 0.1) is 0 Å². The molecule has 2 N–H and O–H groups in total. The number of allylic oxidation sites excluding steroid dienone is 1. The highest BCUT2D eigenvalue weighted by Gasteiger charge is 2.13. The molecule has 0 fully saturated rings. The zero-order chi connectivity index (χ0) is 13.7. The largest absolute Gasteiger partial charge is 0.478 e. The summed E-state index contributed by atoms with van der Waals surface area (Å²) in [5.41, 5.74) is 1.16. The fraction of sp³-hybridized carbons (Fsp3) is 0.467. The summed E-state index contributed by atoms with van der Waals surface area (Å²) in [7, 11) is 0. The van der Waals surface area contributed by atoms with E-state index < -0.39 is 5.97 Å². The summed E-state index contributed by atoms with van der Waals surface area (Å²) < 4.78 is 0. The maximum atomic E-state index is 11.1. The first-order valence-electron chi connectivity index (χ1n) is 6.85. The summed E-state index contributed by atoms with van der Waals surface area (Å²) in [6.45, 7) is 2.06. The molecule has 1 aliphatic rings. The smallest absolute Gasteiger partial charge is 0.335 e. The van der Waals surface area contributed by atoms with Gasteiger partial charge in [-0.05, 0) is 37.8 Å². The summed E-state index contributed by atoms with van der Waals surface area (Å²) in [6.07, 6.45) is 9.22. The second-order valence-corrected chi connectivity index (χ2v) is 4.91. The van der Waals surface area contributed by atoms with Gasteiger partial charge in [-0.25, -0.2) is 9.78 Å². The molecule has 1 unspecified atom stereocenters. The van der Waals surface area contributed by atoms with Crippen molar-refractivity contribution in [2.75, 3.05) is 5.32 Å². The summed E-state index contributed by atoms with van der Waals surface area (Å²) in [5.74, 6) is -0.213. The van der Waals surface area contributed by atoms with Gasteiger partial charge in [-0.15, -0.1) is 0 Å². The average molecular weight is 260 g/mol. The number of carboxylic acid groups (broad SMARTS) is 1. The molecule has 4 nitrogen and oxygen atoms in total. The van der Waals surface area contributed by atoms with Gasteiger partial charge in [-0.2, -0.15) is 0 Å². The molecule has 0 saturated heterocycles. The Morgan fingerprint density at radius 3 is 2.95 bits per heavy atom. The molecule has 2 rings (SSSR count). The topological polar surface area (TPSA) is 62.2 Å². The van der Waals surface area contributed by atoms with E-state index in [1.165, 1.54) is 0 Å². The zero-order valence-corrected chi connectivity index (χ0v) is 11.2. The molecule has 0 spiro atoms. The van der Waals surface area contributed by atoms with E-state index in [0.29, 0.717) is 17.4 Å². The molecule has 1 heterocycles. The van der Waals surface area contributed by atoms with Crippen molar-refractivity contribution in [3.05, 3.63) is 35.5 Å². The van der Waals surface area contributed by atoms with Crippen molar-refractivity contribution in [3.8, 4) is 0 Å². The number of nitrogens with zero attached hydrogens (tertiary/aromatic N) is 1. The van der Waals surface area contributed by atoms with E-state index in [2.05, 4.69) is 29.4 Å². The molecule has 1 aromatic rings. The van der Waals surface area contributed by atoms with Crippen molar-refractivity contribution < 1.29 is 9.90 Å². The van der Waals surface area contributed by atoms with Gasteiger partial charge in [0, 0.05) is 11.7 Å². The molecule has 0 aliphatic heterocycles. The molecule has 1 atom stereocenters. The third kappa shape index (κ3) is 3.81. The molecule has 19 heavy (non-hydrogen) atoms. The summed E-state index contributed by atoms with van der Waals surface area (Å²) >= 11 is 0. The first kappa shape index (κ1) is 13.6. The fourth-order valence-corrected chi connectivity index (χ4v) is 2.30. The van der Waals surface area contributed by atoms with Crippen LogP contribution in [0.2, 0.25) is 0 Å². The van der Waals surface area contributed by atoms with Gasteiger partial charge in [0.2, 0.25) is 0 Å². The van der Waals surface area contributed by atoms with Crippen molar-refractivity contribution in [2.45, 2.75) is 45.1 Å². The molecular weight excluding hydrogens is 240 g/mol. The lowest BCUT2D eigenvalue weighted by atomic mass is 10.0. The number of rotatable bonds is 5. The van der Waals surface area contributed by atoms with E-state index in [1.54, 1.807) is 12.1 Å². The molecule has 0 bridgehead atoms. The van der Waals surface area contributed by atoms with Gasteiger partial charge in [0.15, 0.2) is 0 Å². The molecule has 1 aliphatic carbocycles. The third-order valence-electron chi connectivity index (χ3n) is 3.25. The SMILES string of the molecule is CCCc1cc(C(=O)O)cc(NC2CC=CCC2)n1. The van der Waals surface area contributed by atoms with Crippen LogP contribution in [0.5, 0.6) is 0 Å². The van der Waals surface area contributed by atoms with Crippen LogP contribution in [-0.2, 0) is 6.42 Å². The van der Waals surface area contributed by atoms with E-state index in [-0.39, 0.29) is 0 Å². The van der Waals surface area contributed by atoms with E-state index in [4.69, 9.17) is 5.11 Å². The Hall–Kier alpha value is -1.84. The highest BCUT2D eigenvalue weighted by Crippen LogP contribution is 2.18. The van der Waals surface area contributed by atoms with Gasteiger partial charge in [0.05, 0.1) is 5.56 Å². The first-order chi connectivity index (χ1) is 9.19. The van der Waals surface area contributed by atoms with Gasteiger partial charge >= 0.3 is 5.97 Å². The number of anilines is 1. The number of hydrogen-bond donors (Lipinski definition) is 2. The van der Waals surface area contributed by atoms with Crippen LogP contribution in [0.15, 0.2) is 24.3 Å². The lowest BCUT2D eigenvalue weighted by Crippen LogP contribution is -2.21. The predicted octanol–water partition coefficient (Wildman–Crippen LogP) is 3.25. The Morgan fingerprint density at radius 2 is 2.32 bits per heavy atom. The van der Waals surface area contributed by atoms with Crippen LogP contribution in [0.4, 0.5) is 5.82 Å². The summed E-state index contributed by atoms with van der Waals surface area (Å²) in [5, 5.41) is 12.5. The molecular formula is C15H20N2O2. The standard InChI is InChI=1S/C15H20N2O2/c1-2-6-13-9-11(15(18)19)10-14(17-13)16-12-7-4-3-5-8-12/h3-4,9-10,12H,2,5-8H2,1H3,(H,16,17)(H,18,19). The van der Waals surface area contributed by atoms with Crippen LogP contribution in [0.1, 0.15) is 48.7 Å². The fourth-order valence-electron chi connectivity index (χ4n) is 2.30. The Balaban J connectivity index is 2.17. The molecule has 0 radical (unpaired) electrons. The van der Waals surface area contributed by atoms with E-state index in [9.17, 15) is 4.79 Å². The van der Waals surface area contributed by atoms with Crippen LogP contribution in [0.3, 0.4) is 0 Å². The monoisotopic (exact) mass is 260 g/mol. The number of aromatic nitrogens is 1. The highest BCUT2D eigenvalue weighted by molar-refractivity contribution is 5.88. The number of carbonyl (C=O) groups is 1. The number of aromatic carboxylic acids is 1. The number of carboxylic acids is 1. The second kappa shape index (κ2) is 6.36. The lowest BCUT2D eigenvalue weighted by molar-refractivity contribution is 0.0696. The molecule has 0 saturated carbocycles. The summed E-state index contributed by atoms with van der Waals surface area (Å²) in [6, 6.07) is 3.65. The number of aryl methyl sites for hydroxylation is 1. The van der Waals surface area contributed by atoms with Gasteiger partial charge in [-0.1, -0.05) is 25.5 Å². The quantitative estimate of drug-likeness (QED) is 0.798. The van der Waals surface area contributed by atoms with E-state index >= 15 is 0 Å². The molecule has 0 amide bonds. The Bertz CT molecular complexity index is 483. The van der Waals surface area contributed by atoms with Gasteiger partial charge in [0.1, 0.15) is 5.82 Å². The Morgan fingerprint density at radius 1 is 1.47 bits per heavy atom. The molecule has 0 aromatic carbocycles. The van der Waals surface area contributed by atoms with Crippen molar-refractivity contribution in [1.82, 2.24) is 4.98 Å². The maximum absolute atomic E-state index is 11.1. The minimum atomic E-state index is -0.897. The molecule has 102 valence electrons. The van der Waals surface area contributed by atoms with Crippen LogP contribution < -0.4 is 5.32 Å². The van der Waals surface area contributed by atoms with Crippen molar-refractivity contribution in [2.24, 2.45) is 0 Å². The number of hydrogen-bond acceptors (Lipinski definition) is 3. The first-order valence-corrected chi connectivity index (χ1v) is 6.85. The minimum Gasteiger partial charge on any atom is -0.478 e. The van der Waals surface area contributed by atoms with Crippen LogP contribution >= 0.6 is 0 Å². The zero-order valence-electron chi connectivity index (χ0n) is 11.2. The normalized spacial score (nSPS) is 18.3. The lowest BCUT2D eigenvalue weighted by Gasteiger charge is -2.20. The van der Waals surface area contributed by atoms with Gasteiger partial charge in [0.25, 0.3) is 0 Å². The maximum Gasteiger partial charge on any atom is 0.335 e. The van der Waals surface area contributed by atoms with E-state index in [0.717, 1.165) is 37.8 Å². The number of pyridine rings is 1. The van der Waals surface area contributed by atoms with Crippen LogP contribution in [0.25, 0.3) is 0 Å². The highest BCUT2D eigenvalue weighted by atomic mass is 16.4. The van der Waals surface area contributed by atoms with Gasteiger partial charge < -0.3 is 10.4 Å². The summed E-state index contributed by atoms with van der Waals surface area (Å²) in [4.78, 5) is 15.6. The number of nitrogens with one attached hydrogen (secondary N) is 1. The van der Waals surface area contributed by atoms with Gasteiger partial charge in [-0.3, -0.25) is 0 Å². The third-order valence-corrected chi connectivity index (χ3v) is 3.25. The van der Waals surface area contributed by atoms with Crippen molar-refractivity contribution in [3.63, 3.8) is 0 Å². The predicted molar refractivity (Wildman–Crippen MR) is 75.6 cm³/mol. The molecule has 1 aromatic heterocycles. The van der Waals surface area contributed by atoms with E-state index in [1.807, 2.05) is 0 Å². The minimum absolute atomic E-state index is 0.312.